The maximum atomic E-state index is 11.4. The summed E-state index contributed by atoms with van der Waals surface area (Å²) in [6.45, 7) is 4.57. The lowest BCUT2D eigenvalue weighted by Crippen LogP contribution is -2.34. The van der Waals surface area contributed by atoms with E-state index in [1.807, 2.05) is 31.9 Å². The fraction of sp³-hybridized carbons (Fsp3) is 0.500. The van der Waals surface area contributed by atoms with Gasteiger partial charge in [-0.2, -0.15) is 0 Å². The first-order chi connectivity index (χ1) is 7.95. The zero-order chi connectivity index (χ0) is 13.0. The summed E-state index contributed by atoms with van der Waals surface area (Å²) in [5.74, 6) is 0.864. The summed E-state index contributed by atoms with van der Waals surface area (Å²) >= 11 is 3.42. The molecule has 1 rings (SSSR count). The van der Waals surface area contributed by atoms with Crippen molar-refractivity contribution < 1.29 is 4.79 Å². The van der Waals surface area contributed by atoms with Crippen LogP contribution in [0.1, 0.15) is 12.5 Å². The van der Waals surface area contributed by atoms with Crippen LogP contribution < -0.4 is 10.2 Å². The Morgan fingerprint density at radius 2 is 2.29 bits per heavy atom. The molecule has 0 radical (unpaired) electrons. The van der Waals surface area contributed by atoms with E-state index in [0.717, 1.165) is 15.9 Å². The number of hydrogen-bond acceptors (Lipinski definition) is 3. The standard InChI is InChI=1S/C12H18BrN3O/c1-8-5-11(15-6-10(8)13)16(4)7-9(2)12(17)14-3/h5-6,9H,7H2,1-4H3,(H,14,17). The number of carbonyl (C=O) groups is 1. The van der Waals surface area contributed by atoms with Crippen molar-refractivity contribution in [3.63, 3.8) is 0 Å². The number of hydrogen-bond donors (Lipinski definition) is 1. The molecule has 1 N–H and O–H groups in total. The van der Waals surface area contributed by atoms with E-state index in [4.69, 9.17) is 0 Å². The molecule has 17 heavy (non-hydrogen) atoms. The van der Waals surface area contributed by atoms with Crippen LogP contribution in [0.25, 0.3) is 0 Å². The van der Waals surface area contributed by atoms with Crippen molar-refractivity contribution in [3.05, 3.63) is 22.3 Å². The number of pyridine rings is 1. The average Bonchev–Trinajstić information content (AvgIpc) is 2.31. The van der Waals surface area contributed by atoms with E-state index < -0.39 is 0 Å². The van der Waals surface area contributed by atoms with Gasteiger partial charge >= 0.3 is 0 Å². The molecule has 1 unspecified atom stereocenters. The van der Waals surface area contributed by atoms with Crippen LogP contribution in [-0.4, -0.2) is 31.5 Å². The van der Waals surface area contributed by atoms with Crippen LogP contribution in [0.2, 0.25) is 0 Å². The SMILES string of the molecule is CNC(=O)C(C)CN(C)c1cc(C)c(Br)cn1. The van der Waals surface area contributed by atoms with E-state index in [2.05, 4.69) is 26.2 Å². The predicted molar refractivity (Wildman–Crippen MR) is 73.2 cm³/mol. The van der Waals surface area contributed by atoms with Gasteiger partial charge in [0.1, 0.15) is 5.82 Å². The third kappa shape index (κ3) is 3.70. The highest BCUT2D eigenvalue weighted by Crippen LogP contribution is 2.19. The van der Waals surface area contributed by atoms with Crippen LogP contribution in [0.15, 0.2) is 16.7 Å². The van der Waals surface area contributed by atoms with E-state index in [9.17, 15) is 4.79 Å². The van der Waals surface area contributed by atoms with Gasteiger partial charge in [-0.15, -0.1) is 0 Å². The van der Waals surface area contributed by atoms with Crippen LogP contribution in [0, 0.1) is 12.8 Å². The molecule has 0 bridgehead atoms. The van der Waals surface area contributed by atoms with Crippen molar-refractivity contribution in [1.29, 1.82) is 0 Å². The molecule has 0 aliphatic rings. The Kier molecular flexibility index (Phi) is 4.93. The monoisotopic (exact) mass is 299 g/mol. The molecule has 1 aromatic heterocycles. The van der Waals surface area contributed by atoms with Crippen molar-refractivity contribution in [2.45, 2.75) is 13.8 Å². The van der Waals surface area contributed by atoms with E-state index in [1.54, 1.807) is 13.2 Å². The van der Waals surface area contributed by atoms with Gasteiger partial charge in [-0.1, -0.05) is 6.92 Å². The number of rotatable bonds is 4. The molecule has 0 aliphatic carbocycles. The molecule has 5 heteroatoms. The maximum absolute atomic E-state index is 11.4. The molecule has 1 amide bonds. The highest BCUT2D eigenvalue weighted by atomic mass is 79.9. The van der Waals surface area contributed by atoms with E-state index in [1.165, 1.54) is 0 Å². The van der Waals surface area contributed by atoms with Gasteiger partial charge in [0.05, 0.1) is 5.92 Å². The fourth-order valence-corrected chi connectivity index (χ4v) is 1.78. The van der Waals surface area contributed by atoms with E-state index >= 15 is 0 Å². The summed E-state index contributed by atoms with van der Waals surface area (Å²) in [6.07, 6.45) is 1.78. The van der Waals surface area contributed by atoms with Crippen LogP contribution in [0.5, 0.6) is 0 Å². The summed E-state index contributed by atoms with van der Waals surface area (Å²) in [5.41, 5.74) is 1.13. The van der Waals surface area contributed by atoms with Gasteiger partial charge in [0.25, 0.3) is 0 Å². The fourth-order valence-electron chi connectivity index (χ4n) is 1.57. The first kappa shape index (κ1) is 14.0. The molecule has 0 fully saturated rings. The first-order valence-electron chi connectivity index (χ1n) is 5.50. The maximum Gasteiger partial charge on any atom is 0.224 e. The van der Waals surface area contributed by atoms with Crippen molar-refractivity contribution in [1.82, 2.24) is 10.3 Å². The second-order valence-corrected chi connectivity index (χ2v) is 5.04. The van der Waals surface area contributed by atoms with Crippen molar-refractivity contribution >= 4 is 27.7 Å². The van der Waals surface area contributed by atoms with Crippen LogP contribution >= 0.6 is 15.9 Å². The Labute approximate surface area is 111 Å². The Morgan fingerprint density at radius 3 is 2.82 bits per heavy atom. The number of amides is 1. The van der Waals surface area contributed by atoms with Crippen molar-refractivity contribution in [2.75, 3.05) is 25.5 Å². The smallest absolute Gasteiger partial charge is 0.224 e. The minimum atomic E-state index is -0.0595. The van der Waals surface area contributed by atoms with Gasteiger partial charge in [0.2, 0.25) is 5.91 Å². The lowest BCUT2D eigenvalue weighted by atomic mass is 10.1. The topological polar surface area (TPSA) is 45.2 Å². The molecule has 0 spiro atoms. The second kappa shape index (κ2) is 6.00. The second-order valence-electron chi connectivity index (χ2n) is 4.19. The highest BCUT2D eigenvalue weighted by molar-refractivity contribution is 9.10. The Balaban J connectivity index is 2.72. The molecule has 94 valence electrons. The molecule has 1 heterocycles. The van der Waals surface area contributed by atoms with Crippen molar-refractivity contribution in [3.8, 4) is 0 Å². The average molecular weight is 300 g/mol. The highest BCUT2D eigenvalue weighted by Gasteiger charge is 2.14. The summed E-state index contributed by atoms with van der Waals surface area (Å²) < 4.78 is 0.994. The third-order valence-electron chi connectivity index (χ3n) is 2.67. The molecule has 4 nitrogen and oxygen atoms in total. The van der Waals surface area contributed by atoms with Gasteiger partial charge in [0, 0.05) is 31.3 Å². The van der Waals surface area contributed by atoms with E-state index in [0.29, 0.717) is 6.54 Å². The summed E-state index contributed by atoms with van der Waals surface area (Å²) in [4.78, 5) is 17.7. The van der Waals surface area contributed by atoms with Crippen molar-refractivity contribution in [2.24, 2.45) is 5.92 Å². The molecule has 1 aromatic rings. The predicted octanol–water partition coefficient (Wildman–Crippen LogP) is 1.97. The minimum absolute atomic E-state index is 0.0469. The number of halogens is 1. The van der Waals surface area contributed by atoms with Gasteiger partial charge in [-0.3, -0.25) is 4.79 Å². The summed E-state index contributed by atoms with van der Waals surface area (Å²) in [7, 11) is 3.59. The summed E-state index contributed by atoms with van der Waals surface area (Å²) in [5, 5.41) is 2.65. The lowest BCUT2D eigenvalue weighted by Gasteiger charge is -2.22. The Bertz CT molecular complexity index is 409. The van der Waals surface area contributed by atoms with Gasteiger partial charge < -0.3 is 10.2 Å². The van der Waals surface area contributed by atoms with Crippen LogP contribution in [0.4, 0.5) is 5.82 Å². The van der Waals surface area contributed by atoms with Gasteiger partial charge in [-0.05, 0) is 34.5 Å². The molecular weight excluding hydrogens is 282 g/mol. The molecule has 0 saturated heterocycles. The number of nitrogens with zero attached hydrogens (tertiary/aromatic N) is 2. The lowest BCUT2D eigenvalue weighted by molar-refractivity contribution is -0.123. The quantitative estimate of drug-likeness (QED) is 0.924. The summed E-state index contributed by atoms with van der Waals surface area (Å²) in [6, 6.07) is 2.00. The van der Waals surface area contributed by atoms with Gasteiger partial charge in [-0.25, -0.2) is 4.98 Å². The van der Waals surface area contributed by atoms with Crippen LogP contribution in [-0.2, 0) is 4.79 Å². The third-order valence-corrected chi connectivity index (χ3v) is 3.50. The number of carbonyl (C=O) groups excluding carboxylic acids is 1. The van der Waals surface area contributed by atoms with Crippen LogP contribution in [0.3, 0.4) is 0 Å². The Morgan fingerprint density at radius 1 is 1.65 bits per heavy atom. The zero-order valence-corrected chi connectivity index (χ0v) is 12.2. The van der Waals surface area contributed by atoms with Gasteiger partial charge in [0.15, 0.2) is 0 Å². The number of anilines is 1. The number of aromatic nitrogens is 1. The van der Waals surface area contributed by atoms with E-state index in [-0.39, 0.29) is 11.8 Å². The number of nitrogens with one attached hydrogen (secondary N) is 1. The Hall–Kier alpha value is -1.10. The molecule has 0 aromatic carbocycles. The largest absolute Gasteiger partial charge is 0.359 e. The minimum Gasteiger partial charge on any atom is -0.359 e. The molecule has 0 saturated carbocycles. The molecule has 0 aliphatic heterocycles. The normalized spacial score (nSPS) is 12.1. The molecule has 1 atom stereocenters. The molecular formula is C12H18BrN3O. The number of aryl methyl sites for hydroxylation is 1. The zero-order valence-electron chi connectivity index (χ0n) is 10.6. The first-order valence-corrected chi connectivity index (χ1v) is 6.30.